The van der Waals surface area contributed by atoms with E-state index in [-0.39, 0.29) is 18.6 Å². The predicted octanol–water partition coefficient (Wildman–Crippen LogP) is 0.364. The standard InChI is InChI=1S/C19H21N3O4S2/c1-20-6-8-21(9-7-20)17(23)4-5-22-18(24)16(28-19(22)27)11-13-2-3-14-15(10-13)26-12-25-14/h2-3,10-11H,4-9,12H2,1H3/p+1/b16-11-. The molecule has 3 aliphatic rings. The van der Waals surface area contributed by atoms with Crippen LogP contribution in [0.25, 0.3) is 6.08 Å². The highest BCUT2D eigenvalue weighted by Crippen LogP contribution is 2.36. The number of thiocarbonyl (C=S) groups is 1. The fourth-order valence-corrected chi connectivity index (χ4v) is 4.66. The summed E-state index contributed by atoms with van der Waals surface area (Å²) in [7, 11) is 2.13. The molecule has 1 aromatic carbocycles. The number of hydrogen-bond acceptors (Lipinski definition) is 6. The van der Waals surface area contributed by atoms with E-state index in [2.05, 4.69) is 7.05 Å². The zero-order chi connectivity index (χ0) is 19.7. The Morgan fingerprint density at radius 2 is 2.04 bits per heavy atom. The van der Waals surface area contributed by atoms with Crippen molar-refractivity contribution in [2.75, 3.05) is 46.6 Å². The molecule has 0 bridgehead atoms. The zero-order valence-corrected chi connectivity index (χ0v) is 17.2. The van der Waals surface area contributed by atoms with Crippen LogP contribution in [0.15, 0.2) is 23.1 Å². The summed E-state index contributed by atoms with van der Waals surface area (Å²) in [6.07, 6.45) is 2.09. The number of ether oxygens (including phenoxy) is 2. The molecule has 1 N–H and O–H groups in total. The van der Waals surface area contributed by atoms with Crippen molar-refractivity contribution in [2.45, 2.75) is 6.42 Å². The molecule has 2 amide bonds. The third kappa shape index (κ3) is 4.01. The van der Waals surface area contributed by atoms with E-state index in [1.54, 1.807) is 6.08 Å². The van der Waals surface area contributed by atoms with Crippen LogP contribution in [0, 0.1) is 0 Å². The number of fused-ring (bicyclic) bond motifs is 1. The molecule has 7 nitrogen and oxygen atoms in total. The Balaban J connectivity index is 1.38. The molecule has 148 valence electrons. The highest BCUT2D eigenvalue weighted by molar-refractivity contribution is 8.26. The number of benzene rings is 1. The van der Waals surface area contributed by atoms with Gasteiger partial charge in [-0.25, -0.2) is 0 Å². The van der Waals surface area contributed by atoms with Crippen molar-refractivity contribution in [1.29, 1.82) is 0 Å². The molecule has 2 fully saturated rings. The number of carbonyl (C=O) groups is 2. The first-order valence-corrected chi connectivity index (χ1v) is 10.5. The molecule has 0 radical (unpaired) electrons. The molecule has 0 spiro atoms. The van der Waals surface area contributed by atoms with Crippen LogP contribution in [0.5, 0.6) is 11.5 Å². The van der Waals surface area contributed by atoms with E-state index in [4.69, 9.17) is 21.7 Å². The van der Waals surface area contributed by atoms with Gasteiger partial charge in [0.1, 0.15) is 4.32 Å². The topological polar surface area (TPSA) is 63.5 Å². The number of carbonyl (C=O) groups excluding carboxylic acids is 2. The fraction of sp³-hybridized carbons (Fsp3) is 0.421. The lowest BCUT2D eigenvalue weighted by Crippen LogP contribution is -3.12. The highest BCUT2D eigenvalue weighted by atomic mass is 32.2. The van der Waals surface area contributed by atoms with Gasteiger partial charge in [0.2, 0.25) is 12.7 Å². The minimum absolute atomic E-state index is 0.0845. The number of quaternary nitrogens is 1. The number of likely N-dealkylation sites (N-methyl/N-ethyl adjacent to an activating group) is 1. The number of piperazine rings is 1. The molecule has 0 aromatic heterocycles. The van der Waals surface area contributed by atoms with Crippen molar-refractivity contribution in [3.63, 3.8) is 0 Å². The maximum atomic E-state index is 12.8. The quantitative estimate of drug-likeness (QED) is 0.561. The summed E-state index contributed by atoms with van der Waals surface area (Å²) in [6, 6.07) is 5.54. The summed E-state index contributed by atoms with van der Waals surface area (Å²) in [5.74, 6) is 1.31. The minimum Gasteiger partial charge on any atom is -0.454 e. The van der Waals surface area contributed by atoms with Crippen molar-refractivity contribution < 1.29 is 24.0 Å². The summed E-state index contributed by atoms with van der Waals surface area (Å²) < 4.78 is 11.2. The molecule has 3 aliphatic heterocycles. The van der Waals surface area contributed by atoms with Crippen molar-refractivity contribution in [1.82, 2.24) is 9.80 Å². The maximum absolute atomic E-state index is 12.8. The Kier molecular flexibility index (Phi) is 5.56. The van der Waals surface area contributed by atoms with Crippen LogP contribution < -0.4 is 14.4 Å². The van der Waals surface area contributed by atoms with Crippen LogP contribution in [0.4, 0.5) is 0 Å². The van der Waals surface area contributed by atoms with Gasteiger partial charge in [-0.3, -0.25) is 14.5 Å². The number of nitrogens with zero attached hydrogens (tertiary/aromatic N) is 2. The number of amides is 2. The third-order valence-corrected chi connectivity index (χ3v) is 6.46. The maximum Gasteiger partial charge on any atom is 0.266 e. The molecular weight excluding hydrogens is 398 g/mol. The van der Waals surface area contributed by atoms with Crippen molar-refractivity contribution in [3.8, 4) is 11.5 Å². The smallest absolute Gasteiger partial charge is 0.266 e. The van der Waals surface area contributed by atoms with Crippen molar-refractivity contribution >= 4 is 46.2 Å². The van der Waals surface area contributed by atoms with E-state index in [9.17, 15) is 9.59 Å². The largest absolute Gasteiger partial charge is 0.454 e. The number of rotatable bonds is 4. The second-order valence-corrected chi connectivity index (χ2v) is 8.71. The summed E-state index contributed by atoms with van der Waals surface area (Å²) in [5, 5.41) is 0. The Morgan fingerprint density at radius 3 is 2.82 bits per heavy atom. The van der Waals surface area contributed by atoms with Gasteiger partial charge in [0.25, 0.3) is 5.91 Å². The zero-order valence-electron chi connectivity index (χ0n) is 15.6. The molecule has 4 rings (SSSR count). The van der Waals surface area contributed by atoms with Crippen molar-refractivity contribution in [2.24, 2.45) is 0 Å². The normalized spacial score (nSPS) is 21.1. The SMILES string of the molecule is C[NH+]1CCN(C(=O)CCN2C(=O)/C(=C/c3ccc4c(c3)OCO4)SC2=S)CC1. The summed E-state index contributed by atoms with van der Waals surface area (Å²) in [6.45, 7) is 4.00. The summed E-state index contributed by atoms with van der Waals surface area (Å²) in [5.41, 5.74) is 0.848. The van der Waals surface area contributed by atoms with Crippen LogP contribution >= 0.6 is 24.0 Å². The van der Waals surface area contributed by atoms with Crippen LogP contribution in [0.2, 0.25) is 0 Å². The Labute approximate surface area is 173 Å². The molecule has 1 aromatic rings. The monoisotopic (exact) mass is 420 g/mol. The molecule has 2 saturated heterocycles. The Bertz CT molecular complexity index is 850. The van der Waals surface area contributed by atoms with Gasteiger partial charge in [-0.1, -0.05) is 30.0 Å². The van der Waals surface area contributed by atoms with E-state index >= 15 is 0 Å². The van der Waals surface area contributed by atoms with Crippen LogP contribution in [0.3, 0.4) is 0 Å². The number of hydrogen-bond donors (Lipinski definition) is 1. The van der Waals surface area contributed by atoms with Crippen molar-refractivity contribution in [3.05, 3.63) is 28.7 Å². The molecule has 0 aliphatic carbocycles. The van der Waals surface area contributed by atoms with Gasteiger partial charge in [-0.15, -0.1) is 0 Å². The molecule has 0 saturated carbocycles. The van der Waals surface area contributed by atoms with E-state index in [0.717, 1.165) is 31.7 Å². The molecule has 0 atom stereocenters. The van der Waals surface area contributed by atoms with E-state index in [1.165, 1.54) is 21.6 Å². The van der Waals surface area contributed by atoms with Gasteiger partial charge in [-0.05, 0) is 23.8 Å². The minimum atomic E-state index is -0.150. The van der Waals surface area contributed by atoms with E-state index in [1.807, 2.05) is 23.1 Å². The number of thioether (sulfide) groups is 1. The Morgan fingerprint density at radius 1 is 1.29 bits per heavy atom. The van der Waals surface area contributed by atoms with Crippen LogP contribution in [0.1, 0.15) is 12.0 Å². The highest BCUT2D eigenvalue weighted by Gasteiger charge is 2.33. The molecule has 0 unspecified atom stereocenters. The van der Waals surface area contributed by atoms with Gasteiger partial charge >= 0.3 is 0 Å². The van der Waals surface area contributed by atoms with Gasteiger partial charge in [0, 0.05) is 13.0 Å². The Hall–Kier alpha value is -2.10. The predicted molar refractivity (Wildman–Crippen MR) is 110 cm³/mol. The van der Waals surface area contributed by atoms with Crippen LogP contribution in [-0.4, -0.2) is 72.5 Å². The fourth-order valence-electron chi connectivity index (χ4n) is 3.35. The van der Waals surface area contributed by atoms with Gasteiger partial charge in [0.05, 0.1) is 38.1 Å². The van der Waals surface area contributed by atoms with Crippen LogP contribution in [-0.2, 0) is 9.59 Å². The average Bonchev–Trinajstić information content (AvgIpc) is 3.25. The summed E-state index contributed by atoms with van der Waals surface area (Å²) >= 11 is 6.63. The second-order valence-electron chi connectivity index (χ2n) is 7.03. The lowest BCUT2D eigenvalue weighted by molar-refractivity contribution is -0.883. The van der Waals surface area contributed by atoms with Gasteiger partial charge < -0.3 is 19.3 Å². The first-order valence-electron chi connectivity index (χ1n) is 9.25. The lowest BCUT2D eigenvalue weighted by atomic mass is 10.2. The summed E-state index contributed by atoms with van der Waals surface area (Å²) in [4.78, 5) is 30.6. The van der Waals surface area contributed by atoms with E-state index < -0.39 is 0 Å². The van der Waals surface area contributed by atoms with Gasteiger partial charge in [0.15, 0.2) is 11.5 Å². The molecule has 3 heterocycles. The molecular formula is C19H22N3O4S2+. The first kappa shape index (κ1) is 19.2. The van der Waals surface area contributed by atoms with E-state index in [0.29, 0.717) is 33.7 Å². The lowest BCUT2D eigenvalue weighted by Gasteiger charge is -2.30. The van der Waals surface area contributed by atoms with Gasteiger partial charge in [-0.2, -0.15) is 0 Å². The molecule has 28 heavy (non-hydrogen) atoms. The number of nitrogens with one attached hydrogen (secondary N) is 1. The third-order valence-electron chi connectivity index (χ3n) is 5.09. The average molecular weight is 421 g/mol. The molecule has 9 heteroatoms. The first-order chi connectivity index (χ1) is 13.5. The second kappa shape index (κ2) is 8.10.